The van der Waals surface area contributed by atoms with Gasteiger partial charge in [-0.05, 0) is 44.0 Å². The molecular formula is C16H21N5OS. The van der Waals surface area contributed by atoms with Crippen molar-refractivity contribution in [3.8, 4) is 0 Å². The van der Waals surface area contributed by atoms with E-state index < -0.39 is 0 Å². The van der Waals surface area contributed by atoms with Gasteiger partial charge < -0.3 is 5.32 Å². The molecule has 0 unspecified atom stereocenters. The second kappa shape index (κ2) is 7.52. The van der Waals surface area contributed by atoms with Gasteiger partial charge in [-0.25, -0.2) is 4.79 Å². The SMILES string of the molecule is Cc1nnc(NC(=O)NCc2ccccc2CN2CCCC2)s1. The first-order valence-electron chi connectivity index (χ1n) is 7.85. The summed E-state index contributed by atoms with van der Waals surface area (Å²) in [5.41, 5.74) is 2.43. The third-order valence-electron chi connectivity index (χ3n) is 3.90. The van der Waals surface area contributed by atoms with Gasteiger partial charge in [0.15, 0.2) is 0 Å². The number of amides is 2. The lowest BCUT2D eigenvalue weighted by Gasteiger charge is -2.17. The van der Waals surface area contributed by atoms with Gasteiger partial charge in [-0.2, -0.15) is 0 Å². The average molecular weight is 331 g/mol. The second-order valence-corrected chi connectivity index (χ2v) is 6.87. The van der Waals surface area contributed by atoms with E-state index in [1.807, 2.05) is 13.0 Å². The van der Waals surface area contributed by atoms with Crippen LogP contribution in [0.4, 0.5) is 9.93 Å². The molecule has 2 aromatic rings. The van der Waals surface area contributed by atoms with E-state index >= 15 is 0 Å². The maximum absolute atomic E-state index is 12.0. The van der Waals surface area contributed by atoms with E-state index in [2.05, 4.69) is 43.9 Å². The molecule has 1 aliphatic heterocycles. The van der Waals surface area contributed by atoms with E-state index in [4.69, 9.17) is 0 Å². The number of hydrogen-bond acceptors (Lipinski definition) is 5. The van der Waals surface area contributed by atoms with Crippen molar-refractivity contribution in [1.29, 1.82) is 0 Å². The number of aryl methyl sites for hydroxylation is 1. The van der Waals surface area contributed by atoms with Crippen LogP contribution in [0.3, 0.4) is 0 Å². The van der Waals surface area contributed by atoms with Gasteiger partial charge in [0, 0.05) is 13.1 Å². The van der Waals surface area contributed by atoms with Gasteiger partial charge in [-0.3, -0.25) is 10.2 Å². The zero-order valence-corrected chi connectivity index (χ0v) is 14.0. The number of carbonyl (C=O) groups excluding carboxylic acids is 1. The van der Waals surface area contributed by atoms with Crippen LogP contribution >= 0.6 is 11.3 Å². The highest BCUT2D eigenvalue weighted by molar-refractivity contribution is 7.15. The smallest absolute Gasteiger partial charge is 0.321 e. The summed E-state index contributed by atoms with van der Waals surface area (Å²) in [5, 5.41) is 14.7. The van der Waals surface area contributed by atoms with Crippen molar-refractivity contribution in [1.82, 2.24) is 20.4 Å². The van der Waals surface area contributed by atoms with Crippen LogP contribution in [-0.4, -0.2) is 34.2 Å². The molecule has 0 spiro atoms. The second-order valence-electron chi connectivity index (χ2n) is 5.69. The Balaban J connectivity index is 1.55. The third kappa shape index (κ3) is 4.49. The first-order chi connectivity index (χ1) is 11.2. The molecule has 6 nitrogen and oxygen atoms in total. The van der Waals surface area contributed by atoms with E-state index in [9.17, 15) is 4.79 Å². The summed E-state index contributed by atoms with van der Waals surface area (Å²) in [5.74, 6) is 0. The maximum atomic E-state index is 12.0. The number of nitrogens with zero attached hydrogens (tertiary/aromatic N) is 3. The highest BCUT2D eigenvalue weighted by Gasteiger charge is 2.14. The fourth-order valence-corrected chi connectivity index (χ4v) is 3.32. The lowest BCUT2D eigenvalue weighted by Crippen LogP contribution is -2.29. The molecule has 0 radical (unpaired) electrons. The van der Waals surface area contributed by atoms with Crippen LogP contribution < -0.4 is 10.6 Å². The predicted octanol–water partition coefficient (Wildman–Crippen LogP) is 2.76. The fraction of sp³-hybridized carbons (Fsp3) is 0.438. The van der Waals surface area contributed by atoms with E-state index in [-0.39, 0.29) is 6.03 Å². The Bertz CT molecular complexity index is 666. The van der Waals surface area contributed by atoms with Gasteiger partial charge in [0.1, 0.15) is 5.01 Å². The molecule has 0 aliphatic carbocycles. The number of anilines is 1. The monoisotopic (exact) mass is 331 g/mol. The average Bonchev–Trinajstić information content (AvgIpc) is 3.18. The van der Waals surface area contributed by atoms with E-state index in [1.54, 1.807) is 0 Å². The molecule has 7 heteroatoms. The summed E-state index contributed by atoms with van der Waals surface area (Å²) >= 11 is 1.36. The quantitative estimate of drug-likeness (QED) is 0.884. The molecule has 0 atom stereocenters. The molecule has 0 bridgehead atoms. The normalized spacial score (nSPS) is 14.8. The molecule has 122 valence electrons. The van der Waals surface area contributed by atoms with E-state index in [0.29, 0.717) is 11.7 Å². The van der Waals surface area contributed by atoms with Gasteiger partial charge in [-0.1, -0.05) is 35.6 Å². The molecule has 0 saturated carbocycles. The number of nitrogens with one attached hydrogen (secondary N) is 2. The number of hydrogen-bond donors (Lipinski definition) is 2. The zero-order valence-electron chi connectivity index (χ0n) is 13.2. The molecule has 2 amide bonds. The Morgan fingerprint density at radius 3 is 2.65 bits per heavy atom. The van der Waals surface area contributed by atoms with Crippen molar-refractivity contribution in [2.45, 2.75) is 32.9 Å². The highest BCUT2D eigenvalue weighted by Crippen LogP contribution is 2.16. The van der Waals surface area contributed by atoms with Crippen molar-refractivity contribution < 1.29 is 4.79 Å². The molecule has 3 rings (SSSR count). The van der Waals surface area contributed by atoms with Gasteiger partial charge in [-0.15, -0.1) is 10.2 Å². The van der Waals surface area contributed by atoms with Gasteiger partial charge in [0.25, 0.3) is 0 Å². The molecule has 1 saturated heterocycles. The number of rotatable bonds is 5. The zero-order chi connectivity index (χ0) is 16.1. The molecule has 1 fully saturated rings. The number of urea groups is 1. The summed E-state index contributed by atoms with van der Waals surface area (Å²) in [4.78, 5) is 14.4. The number of likely N-dealkylation sites (tertiary alicyclic amines) is 1. The molecule has 2 N–H and O–H groups in total. The van der Waals surface area contributed by atoms with Gasteiger partial charge >= 0.3 is 6.03 Å². The standard InChI is InChI=1S/C16H21N5OS/c1-12-19-20-16(23-12)18-15(22)17-10-13-6-2-3-7-14(13)11-21-8-4-5-9-21/h2-3,6-7H,4-5,8-11H2,1H3,(H2,17,18,20,22). The summed E-state index contributed by atoms with van der Waals surface area (Å²) in [7, 11) is 0. The van der Waals surface area contributed by atoms with E-state index in [1.165, 1.54) is 42.8 Å². The predicted molar refractivity (Wildman–Crippen MR) is 91.5 cm³/mol. The summed E-state index contributed by atoms with van der Waals surface area (Å²) in [6, 6.07) is 8.02. The van der Waals surface area contributed by atoms with Crippen LogP contribution in [0.1, 0.15) is 29.0 Å². The van der Waals surface area contributed by atoms with Crippen molar-refractivity contribution in [3.05, 3.63) is 40.4 Å². The number of aromatic nitrogens is 2. The first-order valence-corrected chi connectivity index (χ1v) is 8.66. The van der Waals surface area contributed by atoms with Crippen LogP contribution in [-0.2, 0) is 13.1 Å². The van der Waals surface area contributed by atoms with Crippen LogP contribution in [0.5, 0.6) is 0 Å². The number of benzene rings is 1. The molecule has 23 heavy (non-hydrogen) atoms. The summed E-state index contributed by atoms with van der Waals surface area (Å²) in [6.45, 7) is 5.65. The highest BCUT2D eigenvalue weighted by atomic mass is 32.1. The Labute approximate surface area is 139 Å². The summed E-state index contributed by atoms with van der Waals surface area (Å²) < 4.78 is 0. The lowest BCUT2D eigenvalue weighted by atomic mass is 10.1. The molecule has 2 heterocycles. The van der Waals surface area contributed by atoms with Crippen LogP contribution in [0.2, 0.25) is 0 Å². The van der Waals surface area contributed by atoms with Crippen LogP contribution in [0.15, 0.2) is 24.3 Å². The molecular weight excluding hydrogens is 310 g/mol. The minimum atomic E-state index is -0.253. The Morgan fingerprint density at radius 1 is 1.22 bits per heavy atom. The maximum Gasteiger partial charge on any atom is 0.321 e. The first kappa shape index (κ1) is 15.9. The van der Waals surface area contributed by atoms with Crippen molar-refractivity contribution in [2.24, 2.45) is 0 Å². The van der Waals surface area contributed by atoms with E-state index in [0.717, 1.165) is 17.1 Å². The van der Waals surface area contributed by atoms with Gasteiger partial charge in [0.05, 0.1) is 0 Å². The Morgan fingerprint density at radius 2 is 1.96 bits per heavy atom. The largest absolute Gasteiger partial charge is 0.334 e. The fourth-order valence-electron chi connectivity index (χ4n) is 2.73. The summed E-state index contributed by atoms with van der Waals surface area (Å²) in [6.07, 6.45) is 2.56. The van der Waals surface area contributed by atoms with Crippen LogP contribution in [0.25, 0.3) is 0 Å². The van der Waals surface area contributed by atoms with Crippen molar-refractivity contribution in [3.63, 3.8) is 0 Å². The minimum Gasteiger partial charge on any atom is -0.334 e. The molecule has 1 aliphatic rings. The lowest BCUT2D eigenvalue weighted by molar-refractivity contribution is 0.251. The third-order valence-corrected chi connectivity index (χ3v) is 4.65. The van der Waals surface area contributed by atoms with Crippen molar-refractivity contribution >= 4 is 22.5 Å². The number of carbonyl (C=O) groups is 1. The van der Waals surface area contributed by atoms with Crippen molar-refractivity contribution in [2.75, 3.05) is 18.4 Å². The Hall–Kier alpha value is -1.99. The van der Waals surface area contributed by atoms with Crippen LogP contribution in [0, 0.1) is 6.92 Å². The van der Waals surface area contributed by atoms with Gasteiger partial charge in [0.2, 0.25) is 5.13 Å². The molecule has 1 aromatic carbocycles. The minimum absolute atomic E-state index is 0.253. The molecule has 1 aromatic heterocycles. The Kier molecular flexibility index (Phi) is 5.19. The topological polar surface area (TPSA) is 70.1 Å².